The highest BCUT2D eigenvalue weighted by Gasteiger charge is 2.31. The van der Waals surface area contributed by atoms with Gasteiger partial charge in [0.1, 0.15) is 0 Å². The highest BCUT2D eigenvalue weighted by molar-refractivity contribution is 5.31. The normalized spacial score (nSPS) is 13.5. The fraction of sp³-hybridized carbons (Fsp3) is 0.455. The molecule has 0 aromatic heterocycles. The lowest BCUT2D eigenvalue weighted by Crippen LogP contribution is -2.10. The summed E-state index contributed by atoms with van der Waals surface area (Å²) < 4.78 is 37.2. The molecule has 0 bridgehead atoms. The van der Waals surface area contributed by atoms with E-state index in [0.717, 1.165) is 12.2 Å². The summed E-state index contributed by atoms with van der Waals surface area (Å²) in [6.45, 7) is 5.56. The second-order valence-electron chi connectivity index (χ2n) is 3.15. The summed E-state index contributed by atoms with van der Waals surface area (Å²) in [5.74, 6) is 0. The molecule has 0 atom stereocenters. The van der Waals surface area contributed by atoms with Crippen molar-refractivity contribution in [3.8, 4) is 0 Å². The predicted molar refractivity (Wildman–Crippen MR) is 56.4 cm³/mol. The highest BCUT2D eigenvalue weighted by atomic mass is 19.4. The molecule has 0 amide bonds. The Morgan fingerprint density at radius 2 is 2.00 bits per heavy atom. The standard InChI is InChI=1S/C11H16F3N/c1-3-5-10(11(12,13)14)8-9(2)6-4-7-15/h3,5,8H,2,4,6-7,15H2,1H3/b5-3-,10-8+. The fourth-order valence-electron chi connectivity index (χ4n) is 1.03. The molecule has 15 heavy (non-hydrogen) atoms. The molecule has 0 rings (SSSR count). The van der Waals surface area contributed by atoms with Gasteiger partial charge in [-0.15, -0.1) is 0 Å². The molecular formula is C11H16F3N. The molecule has 0 saturated carbocycles. The Morgan fingerprint density at radius 3 is 2.40 bits per heavy atom. The van der Waals surface area contributed by atoms with Crippen LogP contribution >= 0.6 is 0 Å². The molecule has 0 aliphatic heterocycles. The number of hydrogen-bond donors (Lipinski definition) is 1. The average Bonchev–Trinajstić information content (AvgIpc) is 2.12. The minimum absolute atomic E-state index is 0.450. The molecule has 86 valence electrons. The van der Waals surface area contributed by atoms with Gasteiger partial charge in [0.2, 0.25) is 0 Å². The Morgan fingerprint density at radius 1 is 1.40 bits per heavy atom. The lowest BCUT2D eigenvalue weighted by atomic mass is 10.1. The van der Waals surface area contributed by atoms with E-state index in [1.165, 1.54) is 6.08 Å². The lowest BCUT2D eigenvalue weighted by molar-refractivity contribution is -0.0882. The third kappa shape index (κ3) is 6.12. The van der Waals surface area contributed by atoms with E-state index >= 15 is 0 Å². The highest BCUT2D eigenvalue weighted by Crippen LogP contribution is 2.28. The largest absolute Gasteiger partial charge is 0.416 e. The van der Waals surface area contributed by atoms with Crippen LogP contribution in [0.3, 0.4) is 0 Å². The van der Waals surface area contributed by atoms with Gasteiger partial charge in [0.05, 0.1) is 5.57 Å². The van der Waals surface area contributed by atoms with Crippen LogP contribution in [-0.4, -0.2) is 12.7 Å². The van der Waals surface area contributed by atoms with E-state index in [1.54, 1.807) is 6.92 Å². The van der Waals surface area contributed by atoms with Crippen LogP contribution in [0.4, 0.5) is 13.2 Å². The number of nitrogens with two attached hydrogens (primary N) is 1. The molecule has 0 saturated heterocycles. The zero-order valence-electron chi connectivity index (χ0n) is 8.77. The van der Waals surface area contributed by atoms with Gasteiger partial charge in [-0.25, -0.2) is 0 Å². The summed E-state index contributed by atoms with van der Waals surface area (Å²) in [5, 5.41) is 0. The van der Waals surface area contributed by atoms with Crippen LogP contribution < -0.4 is 5.73 Å². The first-order valence-corrected chi connectivity index (χ1v) is 4.71. The van der Waals surface area contributed by atoms with E-state index in [-0.39, 0.29) is 0 Å². The van der Waals surface area contributed by atoms with Crippen molar-refractivity contribution in [2.75, 3.05) is 6.54 Å². The fourth-order valence-corrected chi connectivity index (χ4v) is 1.03. The number of halogens is 3. The van der Waals surface area contributed by atoms with Crippen molar-refractivity contribution in [3.63, 3.8) is 0 Å². The maximum atomic E-state index is 12.4. The van der Waals surface area contributed by atoms with Gasteiger partial charge in [-0.1, -0.05) is 24.3 Å². The number of alkyl halides is 3. The van der Waals surface area contributed by atoms with Crippen molar-refractivity contribution < 1.29 is 13.2 Å². The molecule has 0 unspecified atom stereocenters. The van der Waals surface area contributed by atoms with Gasteiger partial charge in [-0.05, 0) is 32.4 Å². The summed E-state index contributed by atoms with van der Waals surface area (Å²) in [6.07, 6.45) is 0.279. The maximum Gasteiger partial charge on any atom is 0.416 e. The summed E-state index contributed by atoms with van der Waals surface area (Å²) >= 11 is 0. The lowest BCUT2D eigenvalue weighted by Gasteiger charge is -2.08. The first-order chi connectivity index (χ1) is 6.91. The zero-order chi connectivity index (χ0) is 11.9. The van der Waals surface area contributed by atoms with E-state index in [2.05, 4.69) is 6.58 Å². The Bertz CT molecular complexity index is 261. The maximum absolute atomic E-state index is 12.4. The molecule has 4 heteroatoms. The van der Waals surface area contributed by atoms with Gasteiger partial charge in [0.15, 0.2) is 0 Å². The Hall–Kier alpha value is -1.03. The second kappa shape index (κ2) is 6.45. The second-order valence-corrected chi connectivity index (χ2v) is 3.15. The van der Waals surface area contributed by atoms with Crippen LogP contribution in [0, 0.1) is 0 Å². The average molecular weight is 219 g/mol. The molecule has 0 fully saturated rings. The number of hydrogen-bond acceptors (Lipinski definition) is 1. The summed E-state index contributed by atoms with van der Waals surface area (Å²) in [5.41, 5.74) is 5.03. The molecule has 0 aromatic carbocycles. The minimum Gasteiger partial charge on any atom is -0.330 e. The third-order valence-corrected chi connectivity index (χ3v) is 1.74. The predicted octanol–water partition coefficient (Wildman–Crippen LogP) is 3.35. The molecule has 0 aliphatic carbocycles. The summed E-state index contributed by atoms with van der Waals surface area (Å²) in [4.78, 5) is 0. The van der Waals surface area contributed by atoms with E-state index in [9.17, 15) is 13.2 Å². The van der Waals surface area contributed by atoms with Crippen molar-refractivity contribution in [2.24, 2.45) is 5.73 Å². The quantitative estimate of drug-likeness (QED) is 0.705. The van der Waals surface area contributed by atoms with E-state index in [0.29, 0.717) is 25.0 Å². The molecule has 1 nitrogen and oxygen atoms in total. The van der Waals surface area contributed by atoms with Crippen molar-refractivity contribution in [1.82, 2.24) is 0 Å². The topological polar surface area (TPSA) is 26.0 Å². The first-order valence-electron chi connectivity index (χ1n) is 4.71. The van der Waals surface area contributed by atoms with Crippen LogP contribution in [0.25, 0.3) is 0 Å². The molecular weight excluding hydrogens is 203 g/mol. The van der Waals surface area contributed by atoms with Gasteiger partial charge in [0.25, 0.3) is 0 Å². The van der Waals surface area contributed by atoms with Gasteiger partial charge in [-0.2, -0.15) is 13.2 Å². The van der Waals surface area contributed by atoms with Crippen molar-refractivity contribution in [2.45, 2.75) is 25.9 Å². The molecule has 2 N–H and O–H groups in total. The summed E-state index contributed by atoms with van der Waals surface area (Å²) in [7, 11) is 0. The van der Waals surface area contributed by atoms with Crippen molar-refractivity contribution in [3.05, 3.63) is 36.0 Å². The Labute approximate surface area is 88.2 Å². The molecule has 0 radical (unpaired) electrons. The SMILES string of the molecule is C=C(/C=C(\C=C/C)C(F)(F)F)CCCN. The van der Waals surface area contributed by atoms with Crippen LogP contribution in [0.1, 0.15) is 19.8 Å². The minimum atomic E-state index is -4.32. The van der Waals surface area contributed by atoms with Crippen LogP contribution in [0.5, 0.6) is 0 Å². The smallest absolute Gasteiger partial charge is 0.330 e. The number of rotatable bonds is 5. The van der Waals surface area contributed by atoms with Crippen LogP contribution in [0.2, 0.25) is 0 Å². The Kier molecular flexibility index (Phi) is 6.01. The van der Waals surface area contributed by atoms with E-state index in [4.69, 9.17) is 5.73 Å². The monoisotopic (exact) mass is 219 g/mol. The van der Waals surface area contributed by atoms with E-state index in [1.807, 2.05) is 0 Å². The molecule has 0 spiro atoms. The third-order valence-electron chi connectivity index (χ3n) is 1.74. The summed E-state index contributed by atoms with van der Waals surface area (Å²) in [6, 6.07) is 0. The van der Waals surface area contributed by atoms with E-state index < -0.39 is 11.7 Å². The van der Waals surface area contributed by atoms with Gasteiger partial charge in [-0.3, -0.25) is 0 Å². The first kappa shape index (κ1) is 14.0. The zero-order valence-corrected chi connectivity index (χ0v) is 8.77. The molecule has 0 aliphatic rings. The van der Waals surface area contributed by atoms with Gasteiger partial charge >= 0.3 is 6.18 Å². The van der Waals surface area contributed by atoms with Crippen molar-refractivity contribution >= 4 is 0 Å². The van der Waals surface area contributed by atoms with Gasteiger partial charge in [0, 0.05) is 0 Å². The van der Waals surface area contributed by atoms with Crippen LogP contribution in [0.15, 0.2) is 36.0 Å². The molecule has 0 aromatic rings. The molecule has 0 heterocycles. The van der Waals surface area contributed by atoms with Gasteiger partial charge < -0.3 is 5.73 Å². The van der Waals surface area contributed by atoms with Crippen molar-refractivity contribution in [1.29, 1.82) is 0 Å². The Balaban J connectivity index is 4.62. The number of allylic oxidation sites excluding steroid dienone is 5. The van der Waals surface area contributed by atoms with Crippen LogP contribution in [-0.2, 0) is 0 Å².